The van der Waals surface area contributed by atoms with Crippen molar-refractivity contribution in [1.82, 2.24) is 5.32 Å². The van der Waals surface area contributed by atoms with E-state index in [0.717, 1.165) is 25.7 Å². The van der Waals surface area contributed by atoms with E-state index in [1.807, 2.05) is 0 Å². The highest BCUT2D eigenvalue weighted by molar-refractivity contribution is 5.67. The average Bonchev–Trinajstić information content (AvgIpc) is 2.09. The molecular weight excluding hydrogens is 170 g/mol. The Morgan fingerprint density at radius 2 is 2.08 bits per heavy atom. The monoisotopic (exact) mass is 187 g/mol. The van der Waals surface area contributed by atoms with Gasteiger partial charge in [-0.15, -0.1) is 0 Å². The molecular formula is C9H17NO3. The van der Waals surface area contributed by atoms with E-state index in [2.05, 4.69) is 5.32 Å². The molecule has 4 nitrogen and oxygen atoms in total. The Kier molecular flexibility index (Phi) is 4.02. The van der Waals surface area contributed by atoms with E-state index in [9.17, 15) is 9.90 Å². The number of ether oxygens (including phenoxy) is 1. The Bertz CT molecular complexity index is 164. The number of alkyl carbamates (subject to hydrolysis) is 1. The first-order valence-corrected chi connectivity index (χ1v) is 4.83. The summed E-state index contributed by atoms with van der Waals surface area (Å²) in [6.07, 6.45) is 2.72. The smallest absolute Gasteiger partial charge is 0.407 e. The highest BCUT2D eigenvalue weighted by Crippen LogP contribution is 2.18. The Morgan fingerprint density at radius 1 is 1.46 bits per heavy atom. The van der Waals surface area contributed by atoms with Crippen LogP contribution in [-0.2, 0) is 4.74 Å². The van der Waals surface area contributed by atoms with Crippen molar-refractivity contribution < 1.29 is 14.6 Å². The van der Waals surface area contributed by atoms with Crippen molar-refractivity contribution in [1.29, 1.82) is 0 Å². The molecule has 1 rings (SSSR count). The van der Waals surface area contributed by atoms with Crippen molar-refractivity contribution in [2.24, 2.45) is 0 Å². The minimum atomic E-state index is -0.344. The molecule has 1 aliphatic carbocycles. The first-order valence-electron chi connectivity index (χ1n) is 4.83. The van der Waals surface area contributed by atoms with Gasteiger partial charge in [-0.05, 0) is 32.6 Å². The van der Waals surface area contributed by atoms with Gasteiger partial charge in [-0.25, -0.2) is 4.79 Å². The maximum Gasteiger partial charge on any atom is 0.407 e. The van der Waals surface area contributed by atoms with E-state index in [-0.39, 0.29) is 18.2 Å². The number of carbonyl (C=O) groups is 1. The molecule has 0 aromatic rings. The highest BCUT2D eigenvalue weighted by atomic mass is 16.5. The second kappa shape index (κ2) is 5.07. The van der Waals surface area contributed by atoms with Crippen LogP contribution in [0.2, 0.25) is 0 Å². The number of aliphatic hydroxyl groups is 1. The van der Waals surface area contributed by atoms with Crippen molar-refractivity contribution in [3.8, 4) is 0 Å². The number of aliphatic hydroxyl groups excluding tert-OH is 1. The summed E-state index contributed by atoms with van der Waals surface area (Å²) in [5.41, 5.74) is 0. The van der Waals surface area contributed by atoms with Gasteiger partial charge < -0.3 is 15.2 Å². The molecule has 4 heteroatoms. The number of rotatable bonds is 2. The van der Waals surface area contributed by atoms with Gasteiger partial charge in [0.1, 0.15) is 0 Å². The predicted molar refractivity (Wildman–Crippen MR) is 48.4 cm³/mol. The maximum atomic E-state index is 11.0. The van der Waals surface area contributed by atoms with Crippen LogP contribution in [0.25, 0.3) is 0 Å². The molecule has 76 valence electrons. The normalized spacial score (nSPS) is 28.2. The molecule has 0 unspecified atom stereocenters. The summed E-state index contributed by atoms with van der Waals surface area (Å²) in [6.45, 7) is 2.19. The van der Waals surface area contributed by atoms with E-state index < -0.39 is 0 Å². The van der Waals surface area contributed by atoms with Crippen LogP contribution in [0.4, 0.5) is 4.79 Å². The van der Waals surface area contributed by atoms with Gasteiger partial charge >= 0.3 is 6.09 Å². The minimum absolute atomic E-state index is 0.180. The predicted octanol–water partition coefficient (Wildman–Crippen LogP) is 1.04. The third kappa shape index (κ3) is 3.63. The van der Waals surface area contributed by atoms with Crippen LogP contribution in [0.3, 0.4) is 0 Å². The van der Waals surface area contributed by atoms with Crippen molar-refractivity contribution in [2.45, 2.75) is 44.8 Å². The number of carbonyl (C=O) groups excluding carboxylic acids is 1. The first kappa shape index (κ1) is 10.3. The number of hydrogen-bond donors (Lipinski definition) is 2. The van der Waals surface area contributed by atoms with Gasteiger partial charge in [-0.1, -0.05) is 0 Å². The summed E-state index contributed by atoms with van der Waals surface area (Å²) in [4.78, 5) is 11.0. The molecule has 0 bridgehead atoms. The summed E-state index contributed by atoms with van der Waals surface area (Å²) in [5.74, 6) is 0. The first-order chi connectivity index (χ1) is 6.22. The van der Waals surface area contributed by atoms with Gasteiger partial charge in [-0.3, -0.25) is 0 Å². The quantitative estimate of drug-likeness (QED) is 0.679. The van der Waals surface area contributed by atoms with Gasteiger partial charge in [0.15, 0.2) is 0 Å². The van der Waals surface area contributed by atoms with E-state index in [1.54, 1.807) is 6.92 Å². The second-order valence-corrected chi connectivity index (χ2v) is 3.37. The SMILES string of the molecule is CCOC(=O)NC1CCC(O)CC1. The van der Waals surface area contributed by atoms with E-state index in [0.29, 0.717) is 6.61 Å². The molecule has 0 aromatic carbocycles. The molecule has 1 aliphatic rings. The van der Waals surface area contributed by atoms with Crippen LogP contribution >= 0.6 is 0 Å². The lowest BCUT2D eigenvalue weighted by atomic mass is 9.93. The van der Waals surface area contributed by atoms with Crippen molar-refractivity contribution >= 4 is 6.09 Å². The van der Waals surface area contributed by atoms with Crippen molar-refractivity contribution in [3.63, 3.8) is 0 Å². The maximum absolute atomic E-state index is 11.0. The Labute approximate surface area is 78.3 Å². The Balaban J connectivity index is 2.18. The summed E-state index contributed by atoms with van der Waals surface area (Å²) in [5, 5.41) is 12.0. The molecule has 13 heavy (non-hydrogen) atoms. The lowest BCUT2D eigenvalue weighted by Gasteiger charge is -2.25. The molecule has 1 saturated carbocycles. The molecule has 0 spiro atoms. The summed E-state index contributed by atoms with van der Waals surface area (Å²) >= 11 is 0. The topological polar surface area (TPSA) is 58.6 Å². The fraction of sp³-hybridized carbons (Fsp3) is 0.889. The number of hydrogen-bond acceptors (Lipinski definition) is 3. The Morgan fingerprint density at radius 3 is 2.62 bits per heavy atom. The summed E-state index contributed by atoms with van der Waals surface area (Å²) in [7, 11) is 0. The van der Waals surface area contributed by atoms with Crippen LogP contribution in [-0.4, -0.2) is 30.0 Å². The molecule has 2 N–H and O–H groups in total. The van der Waals surface area contributed by atoms with Crippen molar-refractivity contribution in [2.75, 3.05) is 6.61 Å². The number of nitrogens with one attached hydrogen (secondary N) is 1. The van der Waals surface area contributed by atoms with Gasteiger partial charge in [0.25, 0.3) is 0 Å². The third-order valence-electron chi connectivity index (χ3n) is 2.29. The molecule has 0 aliphatic heterocycles. The lowest BCUT2D eigenvalue weighted by molar-refractivity contribution is 0.108. The van der Waals surface area contributed by atoms with E-state index in [1.165, 1.54) is 0 Å². The minimum Gasteiger partial charge on any atom is -0.450 e. The van der Waals surface area contributed by atoms with Gasteiger partial charge in [0.05, 0.1) is 12.7 Å². The summed E-state index contributed by atoms with van der Waals surface area (Å²) < 4.78 is 4.76. The van der Waals surface area contributed by atoms with Gasteiger partial charge in [-0.2, -0.15) is 0 Å². The molecule has 1 fully saturated rings. The molecule has 0 radical (unpaired) electrons. The Hall–Kier alpha value is -0.770. The average molecular weight is 187 g/mol. The number of amides is 1. The summed E-state index contributed by atoms with van der Waals surface area (Å²) in [6, 6.07) is 0.183. The van der Waals surface area contributed by atoms with Crippen LogP contribution in [0.15, 0.2) is 0 Å². The zero-order valence-electron chi connectivity index (χ0n) is 7.95. The molecule has 0 heterocycles. The van der Waals surface area contributed by atoms with Crippen LogP contribution in [0.1, 0.15) is 32.6 Å². The zero-order valence-corrected chi connectivity index (χ0v) is 7.95. The molecule has 0 aromatic heterocycles. The van der Waals surface area contributed by atoms with E-state index >= 15 is 0 Å². The van der Waals surface area contributed by atoms with E-state index in [4.69, 9.17) is 4.74 Å². The highest BCUT2D eigenvalue weighted by Gasteiger charge is 2.20. The van der Waals surface area contributed by atoms with Crippen LogP contribution in [0, 0.1) is 0 Å². The third-order valence-corrected chi connectivity index (χ3v) is 2.29. The van der Waals surface area contributed by atoms with Crippen LogP contribution < -0.4 is 5.32 Å². The molecule has 0 atom stereocenters. The molecule has 0 saturated heterocycles. The van der Waals surface area contributed by atoms with Crippen LogP contribution in [0.5, 0.6) is 0 Å². The van der Waals surface area contributed by atoms with Gasteiger partial charge in [0, 0.05) is 6.04 Å². The second-order valence-electron chi connectivity index (χ2n) is 3.37. The molecule has 1 amide bonds. The fourth-order valence-corrected chi connectivity index (χ4v) is 1.56. The standard InChI is InChI=1S/C9H17NO3/c1-2-13-9(12)10-7-3-5-8(11)6-4-7/h7-8,11H,2-6H2,1H3,(H,10,12). The lowest BCUT2D eigenvalue weighted by Crippen LogP contribution is -2.38. The largest absolute Gasteiger partial charge is 0.450 e. The van der Waals surface area contributed by atoms with Gasteiger partial charge in [0.2, 0.25) is 0 Å². The fourth-order valence-electron chi connectivity index (χ4n) is 1.56. The zero-order chi connectivity index (χ0) is 9.68. The van der Waals surface area contributed by atoms with Crippen molar-refractivity contribution in [3.05, 3.63) is 0 Å².